The van der Waals surface area contributed by atoms with E-state index in [0.717, 1.165) is 35.4 Å². The lowest BCUT2D eigenvalue weighted by Crippen LogP contribution is -2.43. The topological polar surface area (TPSA) is 63.2 Å². The molecule has 0 unspecified atom stereocenters. The molecular weight excluding hydrogens is 314 g/mol. The first-order valence-electron chi connectivity index (χ1n) is 8.91. The molecule has 1 aromatic heterocycles. The van der Waals surface area contributed by atoms with Crippen LogP contribution in [-0.4, -0.2) is 29.8 Å². The van der Waals surface area contributed by atoms with E-state index >= 15 is 0 Å². The fraction of sp³-hybridized carbons (Fsp3) is 0.400. The third kappa shape index (κ3) is 3.66. The van der Waals surface area contributed by atoms with Crippen LogP contribution in [0.2, 0.25) is 0 Å². The number of nitrogens with one attached hydrogen (secondary N) is 2. The van der Waals surface area contributed by atoms with Crippen LogP contribution in [0.1, 0.15) is 24.8 Å². The number of benzene rings is 1. The van der Waals surface area contributed by atoms with Gasteiger partial charge in [0.05, 0.1) is 12.1 Å². The molecule has 0 radical (unpaired) electrons. The Morgan fingerprint density at radius 2 is 2.08 bits per heavy atom. The molecule has 5 heteroatoms. The molecule has 0 bridgehead atoms. The number of amides is 2. The average molecular weight is 337 g/mol. The third-order valence-corrected chi connectivity index (χ3v) is 5.02. The van der Waals surface area contributed by atoms with Crippen molar-refractivity contribution in [3.05, 3.63) is 48.3 Å². The van der Waals surface area contributed by atoms with Crippen LogP contribution in [0.3, 0.4) is 0 Å². The van der Waals surface area contributed by atoms with Crippen molar-refractivity contribution in [1.82, 2.24) is 10.3 Å². The number of carbonyl (C=O) groups is 1. The smallest absolute Gasteiger partial charge is 0.319 e. The molecule has 1 saturated heterocycles. The highest BCUT2D eigenvalue weighted by Crippen LogP contribution is 2.38. The average Bonchev–Trinajstić information content (AvgIpc) is 3.37. The number of nitrogens with zero attached hydrogens (tertiary/aromatic N) is 1. The van der Waals surface area contributed by atoms with E-state index < -0.39 is 0 Å². The molecule has 1 saturated carbocycles. The van der Waals surface area contributed by atoms with E-state index in [2.05, 4.69) is 15.6 Å². The van der Waals surface area contributed by atoms with Crippen molar-refractivity contribution in [1.29, 1.82) is 0 Å². The minimum Gasteiger partial charge on any atom is -0.376 e. The molecule has 1 aliphatic heterocycles. The molecule has 2 N–H and O–H groups in total. The standard InChI is InChI=1S/C20H23N3O2/c1-13-4-5-15(16-3-2-9-21-12-16)11-18(13)23-20(24)22-17-8-10-25-19(17)14-6-7-14/h2-5,9,11-12,14,17,19H,6-8,10H2,1H3,(H2,22,23,24)/t17-,19-/m0/s1. The number of pyridine rings is 1. The molecule has 2 heterocycles. The Morgan fingerprint density at radius 1 is 1.20 bits per heavy atom. The normalized spacial score (nSPS) is 22.6. The number of aryl methyl sites for hydroxylation is 1. The number of hydrogen-bond acceptors (Lipinski definition) is 3. The van der Waals surface area contributed by atoms with Gasteiger partial charge in [0.2, 0.25) is 0 Å². The van der Waals surface area contributed by atoms with E-state index in [1.165, 1.54) is 12.8 Å². The van der Waals surface area contributed by atoms with Gasteiger partial charge in [0, 0.05) is 30.3 Å². The summed E-state index contributed by atoms with van der Waals surface area (Å²) in [6.07, 6.45) is 7.10. The third-order valence-electron chi connectivity index (χ3n) is 5.02. The van der Waals surface area contributed by atoms with Crippen molar-refractivity contribution in [2.75, 3.05) is 11.9 Å². The van der Waals surface area contributed by atoms with Gasteiger partial charge in [0.15, 0.2) is 0 Å². The van der Waals surface area contributed by atoms with Gasteiger partial charge in [-0.1, -0.05) is 18.2 Å². The molecule has 2 aliphatic rings. The van der Waals surface area contributed by atoms with Crippen molar-refractivity contribution >= 4 is 11.7 Å². The summed E-state index contributed by atoms with van der Waals surface area (Å²) in [7, 11) is 0. The quantitative estimate of drug-likeness (QED) is 0.893. The largest absolute Gasteiger partial charge is 0.376 e. The second-order valence-corrected chi connectivity index (χ2v) is 6.94. The SMILES string of the molecule is Cc1ccc(-c2cccnc2)cc1NC(=O)N[C@H]1CCO[C@H]1C1CC1. The van der Waals surface area contributed by atoms with Crippen LogP contribution >= 0.6 is 0 Å². The van der Waals surface area contributed by atoms with Gasteiger partial charge in [-0.2, -0.15) is 0 Å². The molecule has 4 rings (SSSR count). The summed E-state index contributed by atoms with van der Waals surface area (Å²) in [5, 5.41) is 6.10. The van der Waals surface area contributed by atoms with Crippen molar-refractivity contribution in [2.24, 2.45) is 5.92 Å². The summed E-state index contributed by atoms with van der Waals surface area (Å²) in [6, 6.07) is 9.94. The van der Waals surface area contributed by atoms with Crippen molar-refractivity contribution < 1.29 is 9.53 Å². The van der Waals surface area contributed by atoms with Crippen LogP contribution in [0, 0.1) is 12.8 Å². The molecule has 0 spiro atoms. The predicted molar refractivity (Wildman–Crippen MR) is 97.4 cm³/mol. The minimum absolute atomic E-state index is 0.120. The zero-order valence-electron chi connectivity index (χ0n) is 14.4. The first-order valence-corrected chi connectivity index (χ1v) is 8.91. The number of anilines is 1. The maximum absolute atomic E-state index is 12.5. The Labute approximate surface area is 147 Å². The van der Waals surface area contributed by atoms with Crippen molar-refractivity contribution in [3.63, 3.8) is 0 Å². The van der Waals surface area contributed by atoms with Gasteiger partial charge in [-0.15, -0.1) is 0 Å². The molecule has 1 aliphatic carbocycles. The monoisotopic (exact) mass is 337 g/mol. The Hall–Kier alpha value is -2.40. The van der Waals surface area contributed by atoms with Gasteiger partial charge < -0.3 is 15.4 Å². The first-order chi connectivity index (χ1) is 12.2. The van der Waals surface area contributed by atoms with Crippen LogP contribution in [-0.2, 0) is 4.74 Å². The Kier molecular flexibility index (Phi) is 4.40. The second kappa shape index (κ2) is 6.84. The fourth-order valence-corrected chi connectivity index (χ4v) is 3.45. The van der Waals surface area contributed by atoms with Gasteiger partial charge in [-0.3, -0.25) is 4.98 Å². The summed E-state index contributed by atoms with van der Waals surface area (Å²) in [5.74, 6) is 0.628. The maximum Gasteiger partial charge on any atom is 0.319 e. The molecule has 2 amide bonds. The van der Waals surface area contributed by atoms with Crippen molar-refractivity contribution in [2.45, 2.75) is 38.3 Å². The lowest BCUT2D eigenvalue weighted by atomic mass is 10.0. The molecule has 2 atom stereocenters. The van der Waals surface area contributed by atoms with Gasteiger partial charge in [-0.25, -0.2) is 4.79 Å². The van der Waals surface area contributed by atoms with E-state index in [9.17, 15) is 4.79 Å². The second-order valence-electron chi connectivity index (χ2n) is 6.94. The summed E-state index contributed by atoms with van der Waals surface area (Å²) < 4.78 is 5.79. The zero-order chi connectivity index (χ0) is 17.2. The Balaban J connectivity index is 1.45. The van der Waals surface area contributed by atoms with E-state index in [1.807, 2.05) is 43.5 Å². The summed E-state index contributed by atoms with van der Waals surface area (Å²) in [4.78, 5) is 16.6. The number of ether oxygens (including phenoxy) is 1. The van der Waals surface area contributed by atoms with Gasteiger partial charge in [0.25, 0.3) is 0 Å². The molecule has 2 fully saturated rings. The van der Waals surface area contributed by atoms with Crippen LogP contribution < -0.4 is 10.6 Å². The van der Waals surface area contributed by atoms with E-state index in [-0.39, 0.29) is 18.2 Å². The Morgan fingerprint density at radius 3 is 2.84 bits per heavy atom. The van der Waals surface area contributed by atoms with Crippen molar-refractivity contribution in [3.8, 4) is 11.1 Å². The lowest BCUT2D eigenvalue weighted by Gasteiger charge is -2.20. The number of carbonyl (C=O) groups excluding carboxylic acids is 1. The highest BCUT2D eigenvalue weighted by atomic mass is 16.5. The molecule has 2 aromatic rings. The van der Waals surface area contributed by atoms with Crippen LogP contribution in [0.15, 0.2) is 42.7 Å². The summed E-state index contributed by atoms with van der Waals surface area (Å²) in [5.41, 5.74) is 3.92. The predicted octanol–water partition coefficient (Wildman–Crippen LogP) is 3.75. The summed E-state index contributed by atoms with van der Waals surface area (Å²) in [6.45, 7) is 2.73. The van der Waals surface area contributed by atoms with Crippen LogP contribution in [0.25, 0.3) is 11.1 Å². The molecular formula is C20H23N3O2. The van der Waals surface area contributed by atoms with E-state index in [1.54, 1.807) is 6.20 Å². The van der Waals surface area contributed by atoms with Gasteiger partial charge in [0.1, 0.15) is 0 Å². The van der Waals surface area contributed by atoms with Gasteiger partial charge >= 0.3 is 6.03 Å². The maximum atomic E-state index is 12.5. The highest BCUT2D eigenvalue weighted by molar-refractivity contribution is 5.91. The number of urea groups is 1. The highest BCUT2D eigenvalue weighted by Gasteiger charge is 2.41. The number of aromatic nitrogens is 1. The minimum atomic E-state index is -0.160. The fourth-order valence-electron chi connectivity index (χ4n) is 3.45. The van der Waals surface area contributed by atoms with Crippen LogP contribution in [0.4, 0.5) is 10.5 Å². The first kappa shape index (κ1) is 16.1. The summed E-state index contributed by atoms with van der Waals surface area (Å²) >= 11 is 0. The molecule has 1 aromatic carbocycles. The van der Waals surface area contributed by atoms with E-state index in [4.69, 9.17) is 4.74 Å². The molecule has 5 nitrogen and oxygen atoms in total. The molecule has 130 valence electrons. The number of rotatable bonds is 4. The number of hydrogen-bond donors (Lipinski definition) is 2. The van der Waals surface area contributed by atoms with E-state index in [0.29, 0.717) is 5.92 Å². The Bertz CT molecular complexity index is 759. The van der Waals surface area contributed by atoms with Gasteiger partial charge in [-0.05, 0) is 55.4 Å². The molecule has 25 heavy (non-hydrogen) atoms. The lowest BCUT2D eigenvalue weighted by molar-refractivity contribution is 0.0829. The zero-order valence-corrected chi connectivity index (χ0v) is 14.4. The van der Waals surface area contributed by atoms with Crippen LogP contribution in [0.5, 0.6) is 0 Å².